The molecule has 0 radical (unpaired) electrons. The molecule has 0 aliphatic rings. The second kappa shape index (κ2) is 4.40. The molecule has 0 unspecified atom stereocenters. The van der Waals surface area contributed by atoms with Crippen molar-refractivity contribution < 1.29 is 9.90 Å². The minimum Gasteiger partial charge on any atom is -0.476 e. The van der Waals surface area contributed by atoms with Crippen LogP contribution in [0.1, 0.15) is 28.8 Å². The molecular formula is C11H14N4O2. The number of aromatic carboxylic acids is 1. The van der Waals surface area contributed by atoms with E-state index >= 15 is 0 Å². The fourth-order valence-corrected chi connectivity index (χ4v) is 1.73. The summed E-state index contributed by atoms with van der Waals surface area (Å²) in [5, 5.41) is 17.1. The van der Waals surface area contributed by atoms with Gasteiger partial charge in [-0.1, -0.05) is 0 Å². The normalized spacial score (nSPS) is 10.7. The summed E-state index contributed by atoms with van der Waals surface area (Å²) < 4.78 is 3.49. The van der Waals surface area contributed by atoms with Gasteiger partial charge in [-0.3, -0.25) is 9.36 Å². The van der Waals surface area contributed by atoms with Crippen LogP contribution in [0.5, 0.6) is 0 Å². The number of aryl methyl sites for hydroxylation is 2. The third-order valence-electron chi connectivity index (χ3n) is 2.47. The summed E-state index contributed by atoms with van der Waals surface area (Å²) in [6.45, 7) is 5.27. The molecule has 0 atom stereocenters. The van der Waals surface area contributed by atoms with Crippen LogP contribution in [0, 0.1) is 6.92 Å². The predicted octanol–water partition coefficient (Wildman–Crippen LogP) is 1.15. The Bertz CT molecular complexity index is 541. The van der Waals surface area contributed by atoms with Gasteiger partial charge in [-0.15, -0.1) is 0 Å². The highest BCUT2D eigenvalue weighted by atomic mass is 16.4. The van der Waals surface area contributed by atoms with E-state index in [2.05, 4.69) is 10.2 Å². The summed E-state index contributed by atoms with van der Waals surface area (Å²) in [5.41, 5.74) is 2.03. The zero-order valence-electron chi connectivity index (χ0n) is 9.79. The standard InChI is InChI=1S/C11H14N4O2/c1-3-15-9(6-8(2)12-15)7-14-5-4-10(13-14)11(16)17/h4-6H,3,7H2,1-2H3,(H,16,17). The lowest BCUT2D eigenvalue weighted by molar-refractivity contribution is 0.0689. The average molecular weight is 234 g/mol. The highest BCUT2D eigenvalue weighted by Gasteiger charge is 2.09. The van der Waals surface area contributed by atoms with Crippen LogP contribution in [-0.4, -0.2) is 30.6 Å². The summed E-state index contributed by atoms with van der Waals surface area (Å²) in [6, 6.07) is 3.47. The molecule has 17 heavy (non-hydrogen) atoms. The number of nitrogens with zero attached hydrogens (tertiary/aromatic N) is 4. The Morgan fingerprint density at radius 1 is 1.47 bits per heavy atom. The Morgan fingerprint density at radius 3 is 2.82 bits per heavy atom. The van der Waals surface area contributed by atoms with Crippen LogP contribution < -0.4 is 0 Å². The van der Waals surface area contributed by atoms with Crippen LogP contribution in [0.2, 0.25) is 0 Å². The van der Waals surface area contributed by atoms with E-state index in [4.69, 9.17) is 5.11 Å². The molecule has 2 aromatic rings. The summed E-state index contributed by atoms with van der Waals surface area (Å²) in [5.74, 6) is -1.01. The Labute approximate surface area is 98.5 Å². The molecule has 0 aliphatic carbocycles. The zero-order chi connectivity index (χ0) is 12.4. The van der Waals surface area contributed by atoms with Gasteiger partial charge in [-0.05, 0) is 26.0 Å². The Kier molecular flexibility index (Phi) is 2.95. The number of carboxylic acids is 1. The van der Waals surface area contributed by atoms with E-state index in [1.807, 2.05) is 24.6 Å². The monoisotopic (exact) mass is 234 g/mol. The smallest absolute Gasteiger partial charge is 0.356 e. The fraction of sp³-hybridized carbons (Fsp3) is 0.364. The van der Waals surface area contributed by atoms with E-state index in [1.165, 1.54) is 6.07 Å². The van der Waals surface area contributed by atoms with Crippen LogP contribution >= 0.6 is 0 Å². The molecule has 0 aromatic carbocycles. The Hall–Kier alpha value is -2.11. The molecule has 6 heteroatoms. The highest BCUT2D eigenvalue weighted by molar-refractivity contribution is 5.85. The lowest BCUT2D eigenvalue weighted by Gasteiger charge is -2.04. The van der Waals surface area contributed by atoms with Crippen molar-refractivity contribution in [2.75, 3.05) is 0 Å². The van der Waals surface area contributed by atoms with Crippen molar-refractivity contribution in [3.8, 4) is 0 Å². The van der Waals surface area contributed by atoms with Gasteiger partial charge in [0.15, 0.2) is 5.69 Å². The van der Waals surface area contributed by atoms with Gasteiger partial charge in [-0.2, -0.15) is 10.2 Å². The first-order valence-corrected chi connectivity index (χ1v) is 5.40. The number of hydrogen-bond acceptors (Lipinski definition) is 3. The first-order valence-electron chi connectivity index (χ1n) is 5.40. The first kappa shape index (κ1) is 11.4. The summed E-state index contributed by atoms with van der Waals surface area (Å²) in [6.07, 6.45) is 1.66. The van der Waals surface area contributed by atoms with Gasteiger partial charge < -0.3 is 5.11 Å². The van der Waals surface area contributed by atoms with Crippen molar-refractivity contribution in [3.63, 3.8) is 0 Å². The zero-order valence-corrected chi connectivity index (χ0v) is 9.79. The molecule has 0 saturated heterocycles. The summed E-state index contributed by atoms with van der Waals surface area (Å²) in [4.78, 5) is 10.7. The van der Waals surface area contributed by atoms with Gasteiger partial charge in [0, 0.05) is 12.7 Å². The van der Waals surface area contributed by atoms with Crippen molar-refractivity contribution >= 4 is 5.97 Å². The molecule has 0 fully saturated rings. The van der Waals surface area contributed by atoms with Gasteiger partial charge in [-0.25, -0.2) is 4.79 Å². The SMILES string of the molecule is CCn1nc(C)cc1Cn1ccc(C(=O)O)n1. The van der Waals surface area contributed by atoms with Gasteiger partial charge in [0.1, 0.15) is 0 Å². The first-order chi connectivity index (χ1) is 8.10. The highest BCUT2D eigenvalue weighted by Crippen LogP contribution is 2.06. The number of rotatable bonds is 4. The number of carbonyl (C=O) groups is 1. The molecule has 0 amide bonds. The van der Waals surface area contributed by atoms with Crippen molar-refractivity contribution in [2.45, 2.75) is 26.9 Å². The van der Waals surface area contributed by atoms with Gasteiger partial charge >= 0.3 is 5.97 Å². The maximum absolute atomic E-state index is 10.7. The molecule has 0 aliphatic heterocycles. The van der Waals surface area contributed by atoms with E-state index in [9.17, 15) is 4.79 Å². The molecule has 0 spiro atoms. The van der Waals surface area contributed by atoms with Crippen LogP contribution in [0.15, 0.2) is 18.3 Å². The Morgan fingerprint density at radius 2 is 2.24 bits per heavy atom. The minimum atomic E-state index is -1.01. The largest absolute Gasteiger partial charge is 0.476 e. The average Bonchev–Trinajstić information content (AvgIpc) is 2.86. The third-order valence-corrected chi connectivity index (χ3v) is 2.47. The quantitative estimate of drug-likeness (QED) is 0.861. The van der Waals surface area contributed by atoms with Crippen LogP contribution in [0.25, 0.3) is 0 Å². The van der Waals surface area contributed by atoms with E-state index < -0.39 is 5.97 Å². The van der Waals surface area contributed by atoms with Crippen LogP contribution in [-0.2, 0) is 13.1 Å². The number of aromatic nitrogens is 4. The predicted molar refractivity (Wildman–Crippen MR) is 60.9 cm³/mol. The topological polar surface area (TPSA) is 72.9 Å². The molecule has 2 rings (SSSR count). The molecule has 2 aromatic heterocycles. The van der Waals surface area contributed by atoms with E-state index in [1.54, 1.807) is 10.9 Å². The van der Waals surface area contributed by atoms with Crippen molar-refractivity contribution in [2.24, 2.45) is 0 Å². The van der Waals surface area contributed by atoms with Gasteiger partial charge in [0.25, 0.3) is 0 Å². The van der Waals surface area contributed by atoms with Crippen LogP contribution in [0.3, 0.4) is 0 Å². The van der Waals surface area contributed by atoms with E-state index in [-0.39, 0.29) is 5.69 Å². The molecule has 0 bridgehead atoms. The van der Waals surface area contributed by atoms with E-state index in [0.717, 1.165) is 17.9 Å². The number of hydrogen-bond donors (Lipinski definition) is 1. The van der Waals surface area contributed by atoms with Gasteiger partial charge in [0.2, 0.25) is 0 Å². The molecule has 0 saturated carbocycles. The summed E-state index contributed by atoms with van der Waals surface area (Å²) >= 11 is 0. The van der Waals surface area contributed by atoms with Crippen molar-refractivity contribution in [1.29, 1.82) is 0 Å². The number of carboxylic acid groups (broad SMARTS) is 1. The molecule has 2 heterocycles. The lowest BCUT2D eigenvalue weighted by Crippen LogP contribution is -2.09. The third kappa shape index (κ3) is 2.35. The van der Waals surface area contributed by atoms with Gasteiger partial charge in [0.05, 0.1) is 17.9 Å². The molecule has 6 nitrogen and oxygen atoms in total. The van der Waals surface area contributed by atoms with Crippen molar-refractivity contribution in [1.82, 2.24) is 19.6 Å². The Balaban J connectivity index is 2.21. The fourth-order valence-electron chi connectivity index (χ4n) is 1.73. The molecular weight excluding hydrogens is 220 g/mol. The lowest BCUT2D eigenvalue weighted by atomic mass is 10.3. The van der Waals surface area contributed by atoms with Crippen LogP contribution in [0.4, 0.5) is 0 Å². The molecule has 90 valence electrons. The minimum absolute atomic E-state index is 0.0595. The maximum atomic E-state index is 10.7. The maximum Gasteiger partial charge on any atom is 0.356 e. The van der Waals surface area contributed by atoms with E-state index in [0.29, 0.717) is 6.54 Å². The molecule has 1 N–H and O–H groups in total. The second-order valence-electron chi connectivity index (χ2n) is 3.80. The second-order valence-corrected chi connectivity index (χ2v) is 3.80. The summed E-state index contributed by atoms with van der Waals surface area (Å²) in [7, 11) is 0. The van der Waals surface area contributed by atoms with Crippen molar-refractivity contribution in [3.05, 3.63) is 35.4 Å².